The Morgan fingerprint density at radius 1 is 1.52 bits per heavy atom. The van der Waals surface area contributed by atoms with Crippen molar-refractivity contribution >= 4 is 23.3 Å². The molecule has 0 aliphatic carbocycles. The van der Waals surface area contributed by atoms with Gasteiger partial charge in [0.2, 0.25) is 0 Å². The van der Waals surface area contributed by atoms with E-state index < -0.39 is 22.3 Å². The Balaban J connectivity index is 2.40. The number of anilines is 2. The van der Waals surface area contributed by atoms with Gasteiger partial charge in [-0.3, -0.25) is 26.1 Å². The zero-order valence-corrected chi connectivity index (χ0v) is 10.7. The van der Waals surface area contributed by atoms with Gasteiger partial charge in [0.1, 0.15) is 11.8 Å². The van der Waals surface area contributed by atoms with Crippen molar-refractivity contribution < 1.29 is 18.5 Å². The highest BCUT2D eigenvalue weighted by molar-refractivity contribution is 6.06. The summed E-state index contributed by atoms with van der Waals surface area (Å²) in [6.45, 7) is 1.63. The number of amides is 1. The molecule has 0 saturated heterocycles. The summed E-state index contributed by atoms with van der Waals surface area (Å²) in [5.41, 5.74) is 1.18. The van der Waals surface area contributed by atoms with Gasteiger partial charge in [-0.25, -0.2) is 4.39 Å². The Hall–Kier alpha value is -3.01. The van der Waals surface area contributed by atoms with Crippen LogP contribution >= 0.6 is 0 Å². The first-order valence-electron chi connectivity index (χ1n) is 5.60. The second-order valence-electron chi connectivity index (χ2n) is 4.00. The van der Waals surface area contributed by atoms with Gasteiger partial charge in [-0.15, -0.1) is 0 Å². The molecule has 1 aromatic heterocycles. The van der Waals surface area contributed by atoms with Crippen molar-refractivity contribution in [1.82, 2.24) is 4.98 Å². The van der Waals surface area contributed by atoms with Crippen LogP contribution in [0.2, 0.25) is 0 Å². The molecule has 4 N–H and O–H groups in total. The van der Waals surface area contributed by atoms with Gasteiger partial charge >= 0.3 is 6.01 Å². The molecule has 9 nitrogen and oxygen atoms in total. The maximum absolute atomic E-state index is 13.5. The SMILES string of the molecule is Cc1coc(NC(=O)c2cc(NN)c(F)cc2[N+](=O)[O-])n1. The van der Waals surface area contributed by atoms with Crippen molar-refractivity contribution in [2.75, 3.05) is 10.7 Å². The number of nitrogen functional groups attached to an aromatic ring is 1. The largest absolute Gasteiger partial charge is 0.432 e. The number of aromatic nitrogens is 1. The van der Waals surface area contributed by atoms with Crippen LogP contribution in [0.25, 0.3) is 0 Å². The maximum atomic E-state index is 13.5. The number of carbonyl (C=O) groups excluding carboxylic acids is 1. The smallest absolute Gasteiger partial charge is 0.301 e. The van der Waals surface area contributed by atoms with Crippen molar-refractivity contribution in [1.29, 1.82) is 0 Å². The maximum Gasteiger partial charge on any atom is 0.301 e. The highest BCUT2D eigenvalue weighted by atomic mass is 19.1. The van der Waals surface area contributed by atoms with Crippen LogP contribution in [0.4, 0.5) is 21.8 Å². The van der Waals surface area contributed by atoms with Gasteiger partial charge in [0, 0.05) is 0 Å². The van der Waals surface area contributed by atoms with Crippen molar-refractivity contribution in [3.8, 4) is 0 Å². The third-order valence-corrected chi connectivity index (χ3v) is 2.52. The molecular weight excluding hydrogens is 285 g/mol. The van der Waals surface area contributed by atoms with E-state index in [2.05, 4.69) is 10.3 Å². The van der Waals surface area contributed by atoms with E-state index in [1.165, 1.54) is 6.26 Å². The predicted octanol–water partition coefficient (Wildman–Crippen LogP) is 1.57. The number of nitrogens with one attached hydrogen (secondary N) is 2. The monoisotopic (exact) mass is 295 g/mol. The summed E-state index contributed by atoms with van der Waals surface area (Å²) in [7, 11) is 0. The zero-order valence-electron chi connectivity index (χ0n) is 10.7. The molecule has 21 heavy (non-hydrogen) atoms. The number of hydrazine groups is 1. The summed E-state index contributed by atoms with van der Waals surface area (Å²) in [6, 6.07) is 1.40. The van der Waals surface area contributed by atoms with Gasteiger partial charge in [-0.05, 0) is 13.0 Å². The van der Waals surface area contributed by atoms with E-state index in [1.807, 2.05) is 5.43 Å². The molecule has 10 heteroatoms. The molecule has 2 aromatic rings. The molecule has 110 valence electrons. The predicted molar refractivity (Wildman–Crippen MR) is 70.1 cm³/mol. The molecule has 0 saturated carbocycles. The first-order valence-corrected chi connectivity index (χ1v) is 5.60. The third kappa shape index (κ3) is 2.95. The van der Waals surface area contributed by atoms with E-state index in [4.69, 9.17) is 10.3 Å². The van der Waals surface area contributed by atoms with Crippen LogP contribution in [0.3, 0.4) is 0 Å². The molecule has 1 heterocycles. The highest BCUT2D eigenvalue weighted by Crippen LogP contribution is 2.26. The van der Waals surface area contributed by atoms with E-state index in [-0.39, 0.29) is 17.3 Å². The molecular formula is C11H10FN5O4. The molecule has 0 aliphatic heterocycles. The quantitative estimate of drug-likeness (QED) is 0.442. The molecule has 0 aliphatic rings. The zero-order chi connectivity index (χ0) is 15.6. The highest BCUT2D eigenvalue weighted by Gasteiger charge is 2.24. The van der Waals surface area contributed by atoms with E-state index in [0.717, 1.165) is 6.07 Å². The Morgan fingerprint density at radius 2 is 2.24 bits per heavy atom. The Kier molecular flexibility index (Phi) is 3.80. The van der Waals surface area contributed by atoms with Crippen molar-refractivity contribution in [2.24, 2.45) is 5.84 Å². The fraction of sp³-hybridized carbons (Fsp3) is 0.0909. The van der Waals surface area contributed by atoms with Crippen LogP contribution < -0.4 is 16.6 Å². The Morgan fingerprint density at radius 3 is 2.76 bits per heavy atom. The average molecular weight is 295 g/mol. The Bertz CT molecular complexity index is 715. The third-order valence-electron chi connectivity index (χ3n) is 2.52. The topological polar surface area (TPSA) is 136 Å². The molecule has 0 unspecified atom stereocenters. The number of hydrogen-bond donors (Lipinski definition) is 3. The number of nitrogens with two attached hydrogens (primary N) is 1. The summed E-state index contributed by atoms with van der Waals surface area (Å²) >= 11 is 0. The van der Waals surface area contributed by atoms with E-state index in [0.29, 0.717) is 11.8 Å². The molecule has 0 spiro atoms. The van der Waals surface area contributed by atoms with E-state index >= 15 is 0 Å². The Labute approximate surface area is 117 Å². The number of carbonyl (C=O) groups is 1. The fourth-order valence-electron chi connectivity index (χ4n) is 1.58. The standard InChI is InChI=1S/C11H10FN5O4/c1-5-4-21-11(14-5)15-10(18)6-2-8(16-13)7(12)3-9(6)17(19)20/h2-4,16H,13H2,1H3,(H,14,15,18). The summed E-state index contributed by atoms with van der Waals surface area (Å²) in [6.07, 6.45) is 1.29. The van der Waals surface area contributed by atoms with Crippen molar-refractivity contribution in [3.05, 3.63) is 45.6 Å². The van der Waals surface area contributed by atoms with Gasteiger partial charge in [0.05, 0.1) is 22.4 Å². The lowest BCUT2D eigenvalue weighted by Gasteiger charge is -2.06. The fourth-order valence-corrected chi connectivity index (χ4v) is 1.58. The van der Waals surface area contributed by atoms with Gasteiger partial charge in [0.15, 0.2) is 5.82 Å². The second-order valence-corrected chi connectivity index (χ2v) is 4.00. The average Bonchev–Trinajstić information content (AvgIpc) is 2.83. The first-order chi connectivity index (χ1) is 9.92. The molecule has 1 aromatic carbocycles. The molecule has 0 fully saturated rings. The summed E-state index contributed by atoms with van der Waals surface area (Å²) < 4.78 is 18.4. The summed E-state index contributed by atoms with van der Waals surface area (Å²) in [5.74, 6) is 3.25. The van der Waals surface area contributed by atoms with Crippen LogP contribution in [0.15, 0.2) is 22.8 Å². The van der Waals surface area contributed by atoms with Gasteiger partial charge in [0.25, 0.3) is 11.6 Å². The molecule has 1 amide bonds. The first kappa shape index (κ1) is 14.4. The number of nitrogens with zero attached hydrogens (tertiary/aromatic N) is 2. The molecule has 0 atom stereocenters. The minimum absolute atomic E-state index is 0.126. The van der Waals surface area contributed by atoms with Crippen molar-refractivity contribution in [3.63, 3.8) is 0 Å². The molecule has 0 radical (unpaired) electrons. The van der Waals surface area contributed by atoms with Gasteiger partial charge < -0.3 is 9.84 Å². The number of benzene rings is 1. The number of hydrogen-bond acceptors (Lipinski definition) is 7. The van der Waals surface area contributed by atoms with Crippen LogP contribution in [-0.2, 0) is 0 Å². The summed E-state index contributed by atoms with van der Waals surface area (Å²) in [4.78, 5) is 25.9. The normalized spacial score (nSPS) is 10.2. The van der Waals surface area contributed by atoms with E-state index in [1.54, 1.807) is 6.92 Å². The minimum atomic E-state index is -0.951. The minimum Gasteiger partial charge on any atom is -0.432 e. The molecule has 2 rings (SSSR count). The lowest BCUT2D eigenvalue weighted by Crippen LogP contribution is -2.16. The van der Waals surface area contributed by atoms with Crippen LogP contribution in [0.5, 0.6) is 0 Å². The number of halogens is 1. The second kappa shape index (κ2) is 5.54. The van der Waals surface area contributed by atoms with E-state index in [9.17, 15) is 19.3 Å². The number of rotatable bonds is 4. The van der Waals surface area contributed by atoms with Gasteiger partial charge in [-0.1, -0.05) is 0 Å². The number of nitro groups is 1. The molecule has 0 bridgehead atoms. The van der Waals surface area contributed by atoms with Crippen molar-refractivity contribution in [2.45, 2.75) is 6.92 Å². The lowest BCUT2D eigenvalue weighted by atomic mass is 10.1. The number of oxazole rings is 1. The lowest BCUT2D eigenvalue weighted by molar-refractivity contribution is -0.385. The number of nitro benzene ring substituents is 1. The van der Waals surface area contributed by atoms with Gasteiger partial charge in [-0.2, -0.15) is 4.98 Å². The van der Waals surface area contributed by atoms with Crippen LogP contribution in [0.1, 0.15) is 16.1 Å². The van der Waals surface area contributed by atoms with Crippen LogP contribution in [-0.4, -0.2) is 15.8 Å². The van der Waals surface area contributed by atoms with Crippen LogP contribution in [0, 0.1) is 22.9 Å². The number of aryl methyl sites for hydroxylation is 1. The summed E-state index contributed by atoms with van der Waals surface area (Å²) in [5, 5.41) is 13.1.